The molecule has 240 valence electrons. The van der Waals surface area contributed by atoms with Crippen LogP contribution in [0.5, 0.6) is 0 Å². The molecule has 1 aromatic carbocycles. The number of hydrogen-bond donors (Lipinski definition) is 5. The number of carbonyl (C=O) groups excluding carboxylic acids is 4. The van der Waals surface area contributed by atoms with E-state index in [0.717, 1.165) is 12.1 Å². The van der Waals surface area contributed by atoms with Gasteiger partial charge in [-0.05, 0) is 55.7 Å². The topological polar surface area (TPSA) is 180 Å². The minimum atomic E-state index is -4.55. The number of amides is 4. The van der Waals surface area contributed by atoms with Crippen molar-refractivity contribution in [2.75, 3.05) is 13.1 Å². The van der Waals surface area contributed by atoms with Gasteiger partial charge < -0.3 is 20.9 Å². The van der Waals surface area contributed by atoms with Crippen LogP contribution in [0.3, 0.4) is 0 Å². The SMILES string of the molecule is CC[C@@H](C)C1NC(=O)C(Cc2ccc(C(F)(F)F)cc2)NC(=O)[C@H](CCCCNS(N)(=O)=O)NC(=O)C2CCCN2C1=O. The summed E-state index contributed by atoms with van der Waals surface area (Å²) in [5, 5.41) is 13.0. The highest BCUT2D eigenvalue weighted by atomic mass is 32.2. The molecule has 0 saturated carbocycles. The van der Waals surface area contributed by atoms with Crippen molar-refractivity contribution in [2.45, 2.75) is 89.1 Å². The van der Waals surface area contributed by atoms with E-state index < -0.39 is 69.7 Å². The summed E-state index contributed by atoms with van der Waals surface area (Å²) in [4.78, 5) is 55.5. The number of halogens is 3. The summed E-state index contributed by atoms with van der Waals surface area (Å²) in [5.74, 6) is -2.65. The number of unbranched alkanes of at least 4 members (excludes halogenated alkanes) is 1. The molecule has 16 heteroatoms. The average molecular weight is 633 g/mol. The monoisotopic (exact) mass is 632 g/mol. The molecule has 0 spiro atoms. The lowest BCUT2D eigenvalue weighted by Gasteiger charge is -2.34. The number of benzene rings is 1. The zero-order chi connectivity index (χ0) is 31.9. The molecule has 0 aliphatic carbocycles. The van der Waals surface area contributed by atoms with Crippen LogP contribution in [0, 0.1) is 5.92 Å². The molecule has 43 heavy (non-hydrogen) atoms. The highest BCUT2D eigenvalue weighted by Gasteiger charge is 2.42. The summed E-state index contributed by atoms with van der Waals surface area (Å²) in [7, 11) is -3.90. The van der Waals surface area contributed by atoms with E-state index in [1.807, 2.05) is 6.92 Å². The van der Waals surface area contributed by atoms with Gasteiger partial charge in [-0.1, -0.05) is 32.4 Å². The quantitative estimate of drug-likeness (QED) is 0.237. The van der Waals surface area contributed by atoms with Crippen LogP contribution < -0.4 is 25.8 Å². The number of fused-ring (bicyclic) bond motifs is 1. The van der Waals surface area contributed by atoms with Crippen molar-refractivity contribution < 1.29 is 40.8 Å². The summed E-state index contributed by atoms with van der Waals surface area (Å²) in [5.41, 5.74) is -0.535. The highest BCUT2D eigenvalue weighted by Crippen LogP contribution is 2.29. The summed E-state index contributed by atoms with van der Waals surface area (Å²) in [6, 6.07) is -0.0560. The molecule has 1 aromatic rings. The van der Waals surface area contributed by atoms with Crippen LogP contribution in [0.4, 0.5) is 13.2 Å². The van der Waals surface area contributed by atoms with E-state index in [1.165, 1.54) is 17.0 Å². The number of hydrogen-bond acceptors (Lipinski definition) is 6. The first-order valence-electron chi connectivity index (χ1n) is 14.3. The van der Waals surface area contributed by atoms with Gasteiger partial charge in [0.25, 0.3) is 10.2 Å². The fourth-order valence-electron chi connectivity index (χ4n) is 5.19. The van der Waals surface area contributed by atoms with Crippen LogP contribution in [0.1, 0.15) is 63.5 Å². The van der Waals surface area contributed by atoms with Gasteiger partial charge in [0.2, 0.25) is 23.6 Å². The summed E-state index contributed by atoms with van der Waals surface area (Å²) < 4.78 is 63.6. The molecular formula is C27H39F3N6O6S. The first-order valence-corrected chi connectivity index (χ1v) is 15.8. The molecule has 2 aliphatic heterocycles. The summed E-state index contributed by atoms with van der Waals surface area (Å²) >= 11 is 0. The third-order valence-corrected chi connectivity index (χ3v) is 8.43. The molecule has 0 bridgehead atoms. The summed E-state index contributed by atoms with van der Waals surface area (Å²) in [6.45, 7) is 3.93. The Kier molecular flexibility index (Phi) is 11.5. The minimum Gasteiger partial charge on any atom is -0.343 e. The maximum atomic E-state index is 13.7. The standard InChI is InChI=1S/C27H39F3N6O6S/c1-3-16(2)22-26(40)36-14-6-8-21(36)25(39)33-19(7-4-5-13-32-43(31,41)42)23(37)34-20(24(38)35-22)15-17-9-11-18(12-10-17)27(28,29)30/h9-12,16,19-22,32H,3-8,13-15H2,1-2H3,(H,33,39)(H,34,37)(H,35,38)(H2,31,41,42)/t16-,19+,20?,21?,22?/m1/s1. The van der Waals surface area contributed by atoms with Crippen LogP contribution in [-0.2, 0) is 42.0 Å². The van der Waals surface area contributed by atoms with Crippen molar-refractivity contribution in [1.29, 1.82) is 0 Å². The second kappa shape index (κ2) is 14.5. The number of rotatable bonds is 10. The second-order valence-electron chi connectivity index (χ2n) is 11.0. The van der Waals surface area contributed by atoms with E-state index >= 15 is 0 Å². The van der Waals surface area contributed by atoms with E-state index in [2.05, 4.69) is 20.7 Å². The van der Waals surface area contributed by atoms with Gasteiger partial charge in [-0.2, -0.15) is 21.6 Å². The molecule has 0 radical (unpaired) electrons. The molecule has 3 unspecified atom stereocenters. The molecule has 6 N–H and O–H groups in total. The largest absolute Gasteiger partial charge is 0.416 e. The molecule has 5 atom stereocenters. The normalized spacial score (nSPS) is 24.7. The van der Waals surface area contributed by atoms with Crippen molar-refractivity contribution in [2.24, 2.45) is 11.1 Å². The molecule has 3 rings (SSSR count). The predicted molar refractivity (Wildman–Crippen MR) is 150 cm³/mol. The van der Waals surface area contributed by atoms with Crippen LogP contribution >= 0.6 is 0 Å². The number of alkyl halides is 3. The Labute approximate surface area is 248 Å². The molecule has 2 heterocycles. The van der Waals surface area contributed by atoms with Crippen molar-refractivity contribution >= 4 is 33.8 Å². The fourth-order valence-corrected chi connectivity index (χ4v) is 5.62. The van der Waals surface area contributed by atoms with Gasteiger partial charge in [-0.25, -0.2) is 9.86 Å². The van der Waals surface area contributed by atoms with Crippen LogP contribution in [0.15, 0.2) is 24.3 Å². The van der Waals surface area contributed by atoms with Gasteiger partial charge in [0.1, 0.15) is 24.2 Å². The Balaban J connectivity index is 1.91. The van der Waals surface area contributed by atoms with Crippen molar-refractivity contribution in [3.8, 4) is 0 Å². The molecular weight excluding hydrogens is 593 g/mol. The van der Waals surface area contributed by atoms with E-state index in [0.29, 0.717) is 37.8 Å². The third-order valence-electron chi connectivity index (χ3n) is 7.83. The summed E-state index contributed by atoms with van der Waals surface area (Å²) in [6.07, 6.45) is -2.61. The van der Waals surface area contributed by atoms with Gasteiger partial charge in [0, 0.05) is 19.5 Å². The van der Waals surface area contributed by atoms with Crippen LogP contribution in [-0.4, -0.2) is 74.2 Å². The Bertz CT molecular complexity index is 1280. The molecule has 4 amide bonds. The van der Waals surface area contributed by atoms with Crippen LogP contribution in [0.2, 0.25) is 0 Å². The predicted octanol–water partition coefficient (Wildman–Crippen LogP) is 0.716. The lowest BCUT2D eigenvalue weighted by atomic mass is 9.95. The first kappa shape index (κ1) is 34.3. The minimum absolute atomic E-state index is 0.00196. The first-order chi connectivity index (χ1) is 20.1. The van der Waals surface area contributed by atoms with Gasteiger partial charge in [0.15, 0.2) is 0 Å². The van der Waals surface area contributed by atoms with Crippen molar-refractivity contribution in [3.63, 3.8) is 0 Å². The number of carbonyl (C=O) groups is 4. The fraction of sp³-hybridized carbons (Fsp3) is 0.630. The van der Waals surface area contributed by atoms with E-state index in [9.17, 15) is 40.8 Å². The lowest BCUT2D eigenvalue weighted by Crippen LogP contribution is -2.62. The molecule has 2 fully saturated rings. The van der Waals surface area contributed by atoms with Crippen LogP contribution in [0.25, 0.3) is 0 Å². The van der Waals surface area contributed by atoms with E-state index in [4.69, 9.17) is 5.14 Å². The average Bonchev–Trinajstić information content (AvgIpc) is 3.43. The zero-order valence-electron chi connectivity index (χ0n) is 24.1. The van der Waals surface area contributed by atoms with Crippen molar-refractivity contribution in [3.05, 3.63) is 35.4 Å². The second-order valence-corrected chi connectivity index (χ2v) is 12.4. The maximum absolute atomic E-state index is 13.7. The number of nitrogens with zero attached hydrogens (tertiary/aromatic N) is 1. The Morgan fingerprint density at radius 1 is 1.00 bits per heavy atom. The van der Waals surface area contributed by atoms with Gasteiger partial charge in [0.05, 0.1) is 5.56 Å². The zero-order valence-corrected chi connectivity index (χ0v) is 24.9. The maximum Gasteiger partial charge on any atom is 0.416 e. The molecule has 0 aromatic heterocycles. The van der Waals surface area contributed by atoms with E-state index in [-0.39, 0.29) is 31.7 Å². The molecule has 2 aliphatic rings. The Morgan fingerprint density at radius 2 is 1.63 bits per heavy atom. The Morgan fingerprint density at radius 3 is 2.23 bits per heavy atom. The lowest BCUT2D eigenvalue weighted by molar-refractivity contribution is -0.144. The van der Waals surface area contributed by atoms with Gasteiger partial charge in [-0.15, -0.1) is 0 Å². The third kappa shape index (κ3) is 9.63. The van der Waals surface area contributed by atoms with Crippen molar-refractivity contribution in [1.82, 2.24) is 25.6 Å². The number of nitrogens with two attached hydrogens (primary N) is 1. The van der Waals surface area contributed by atoms with Gasteiger partial charge in [-0.3, -0.25) is 19.2 Å². The van der Waals surface area contributed by atoms with Gasteiger partial charge >= 0.3 is 6.18 Å². The highest BCUT2D eigenvalue weighted by molar-refractivity contribution is 7.87. The number of nitrogens with one attached hydrogen (secondary N) is 4. The molecule has 2 saturated heterocycles. The Hall–Kier alpha value is -3.24. The molecule has 12 nitrogen and oxygen atoms in total. The smallest absolute Gasteiger partial charge is 0.343 e. The van der Waals surface area contributed by atoms with E-state index in [1.54, 1.807) is 6.92 Å².